The quantitative estimate of drug-likeness (QED) is 0.515. The van der Waals surface area contributed by atoms with E-state index >= 15 is 0 Å². The number of allylic oxidation sites excluding steroid dienone is 2. The zero-order valence-electron chi connectivity index (χ0n) is 15.7. The lowest BCUT2D eigenvalue weighted by atomic mass is 9.76. The third kappa shape index (κ3) is 2.88. The minimum absolute atomic E-state index is 0.381. The molecule has 1 heteroatoms. The molecule has 0 spiro atoms. The largest absolute Gasteiger partial charge is 0.378 e. The molecule has 1 nitrogen and oxygen atoms in total. The van der Waals surface area contributed by atoms with Gasteiger partial charge in [-0.05, 0) is 58.7 Å². The minimum atomic E-state index is 0.381. The molecule has 1 aliphatic carbocycles. The van der Waals surface area contributed by atoms with E-state index in [9.17, 15) is 0 Å². The SMILES string of the molecule is CCc1ccc([C@@H]2Nc3ccc(-c4ccccc4)cc3[C@H]3C=CC[C@@H]32)cc1. The fourth-order valence-corrected chi connectivity index (χ4v) is 4.70. The third-order valence-electron chi connectivity index (χ3n) is 6.22. The molecular formula is C26H25N. The van der Waals surface area contributed by atoms with Crippen LogP contribution in [0.5, 0.6) is 0 Å². The Morgan fingerprint density at radius 3 is 2.48 bits per heavy atom. The first-order valence-electron chi connectivity index (χ1n) is 10.0. The molecule has 0 radical (unpaired) electrons. The summed E-state index contributed by atoms with van der Waals surface area (Å²) in [6, 6.07) is 27.2. The maximum absolute atomic E-state index is 3.86. The van der Waals surface area contributed by atoms with E-state index in [2.05, 4.69) is 97.2 Å². The standard InChI is InChI=1S/C26H25N/c1-2-18-11-13-20(14-12-18)26-23-10-6-9-22(23)24-17-21(15-16-25(24)27-26)19-7-4-3-5-8-19/h3-9,11-17,22-23,26-27H,2,10H2,1H3/t22-,23-,26-/m0/s1. The Morgan fingerprint density at radius 2 is 1.70 bits per heavy atom. The Hall–Kier alpha value is -2.80. The molecule has 0 saturated heterocycles. The lowest BCUT2D eigenvalue weighted by Gasteiger charge is -2.38. The van der Waals surface area contributed by atoms with Gasteiger partial charge in [0.05, 0.1) is 6.04 Å². The number of aryl methyl sites for hydroxylation is 1. The van der Waals surface area contributed by atoms with Crippen LogP contribution >= 0.6 is 0 Å². The number of anilines is 1. The number of fused-ring (bicyclic) bond motifs is 3. The maximum Gasteiger partial charge on any atom is 0.0553 e. The van der Waals surface area contributed by atoms with Crippen LogP contribution in [0.15, 0.2) is 84.9 Å². The van der Waals surface area contributed by atoms with Crippen LogP contribution < -0.4 is 5.32 Å². The van der Waals surface area contributed by atoms with Crippen LogP contribution in [0.4, 0.5) is 5.69 Å². The summed E-state index contributed by atoms with van der Waals surface area (Å²) in [7, 11) is 0. The average Bonchev–Trinajstić information content (AvgIpc) is 3.24. The van der Waals surface area contributed by atoms with Gasteiger partial charge in [-0.2, -0.15) is 0 Å². The van der Waals surface area contributed by atoms with Gasteiger partial charge in [-0.1, -0.05) is 79.7 Å². The van der Waals surface area contributed by atoms with Crippen molar-refractivity contribution in [3.63, 3.8) is 0 Å². The summed E-state index contributed by atoms with van der Waals surface area (Å²) in [5, 5.41) is 3.86. The Labute approximate surface area is 161 Å². The van der Waals surface area contributed by atoms with Crippen LogP contribution in [-0.2, 0) is 6.42 Å². The number of rotatable bonds is 3. The topological polar surface area (TPSA) is 12.0 Å². The van der Waals surface area contributed by atoms with Crippen LogP contribution in [0.2, 0.25) is 0 Å². The number of benzene rings is 3. The molecule has 5 rings (SSSR count). The van der Waals surface area contributed by atoms with Gasteiger partial charge in [0.15, 0.2) is 0 Å². The molecule has 0 aromatic heterocycles. The molecule has 0 bridgehead atoms. The summed E-state index contributed by atoms with van der Waals surface area (Å²) >= 11 is 0. The normalized spacial score (nSPS) is 22.8. The van der Waals surface area contributed by atoms with Crippen LogP contribution in [0.3, 0.4) is 0 Å². The van der Waals surface area contributed by atoms with Crippen molar-refractivity contribution in [3.8, 4) is 11.1 Å². The Balaban J connectivity index is 1.53. The van der Waals surface area contributed by atoms with E-state index < -0.39 is 0 Å². The third-order valence-corrected chi connectivity index (χ3v) is 6.22. The molecule has 1 heterocycles. The molecule has 1 aliphatic heterocycles. The first-order chi connectivity index (χ1) is 13.3. The van der Waals surface area contributed by atoms with Gasteiger partial charge in [0, 0.05) is 11.6 Å². The summed E-state index contributed by atoms with van der Waals surface area (Å²) in [5.41, 5.74) is 8.13. The molecule has 3 aromatic carbocycles. The second-order valence-electron chi connectivity index (χ2n) is 7.74. The first-order valence-corrected chi connectivity index (χ1v) is 10.0. The van der Waals surface area contributed by atoms with E-state index in [4.69, 9.17) is 0 Å². The van der Waals surface area contributed by atoms with Crippen molar-refractivity contribution < 1.29 is 0 Å². The lowest BCUT2D eigenvalue weighted by Crippen LogP contribution is -2.29. The Bertz CT molecular complexity index is 969. The highest BCUT2D eigenvalue weighted by atomic mass is 15.0. The van der Waals surface area contributed by atoms with Crippen molar-refractivity contribution in [3.05, 3.63) is 102 Å². The zero-order chi connectivity index (χ0) is 18.2. The van der Waals surface area contributed by atoms with Gasteiger partial charge in [0.2, 0.25) is 0 Å². The van der Waals surface area contributed by atoms with E-state index in [1.54, 1.807) is 0 Å². The van der Waals surface area contributed by atoms with Gasteiger partial charge >= 0.3 is 0 Å². The minimum Gasteiger partial charge on any atom is -0.378 e. The predicted molar refractivity (Wildman–Crippen MR) is 114 cm³/mol. The molecular weight excluding hydrogens is 326 g/mol. The van der Waals surface area contributed by atoms with Crippen molar-refractivity contribution in [2.45, 2.75) is 31.7 Å². The molecule has 27 heavy (non-hydrogen) atoms. The molecule has 0 amide bonds. The second kappa shape index (κ2) is 6.74. The first kappa shape index (κ1) is 16.4. The molecule has 134 valence electrons. The van der Waals surface area contributed by atoms with E-state index in [1.165, 1.54) is 33.5 Å². The Kier molecular flexibility index (Phi) is 4.09. The van der Waals surface area contributed by atoms with Gasteiger partial charge in [0.1, 0.15) is 0 Å². The monoisotopic (exact) mass is 351 g/mol. The van der Waals surface area contributed by atoms with Crippen LogP contribution in [0.25, 0.3) is 11.1 Å². The number of nitrogens with one attached hydrogen (secondary N) is 1. The number of hydrogen-bond acceptors (Lipinski definition) is 1. The molecule has 2 aliphatic rings. The summed E-state index contributed by atoms with van der Waals surface area (Å²) in [6.07, 6.45) is 7.03. The van der Waals surface area contributed by atoms with Crippen molar-refractivity contribution in [1.82, 2.24) is 0 Å². The smallest absolute Gasteiger partial charge is 0.0553 e. The van der Waals surface area contributed by atoms with Gasteiger partial charge in [0.25, 0.3) is 0 Å². The molecule has 1 N–H and O–H groups in total. The molecule has 3 atom stereocenters. The summed E-state index contributed by atoms with van der Waals surface area (Å²) in [4.78, 5) is 0. The highest BCUT2D eigenvalue weighted by Gasteiger charge is 2.37. The summed E-state index contributed by atoms with van der Waals surface area (Å²) in [6.45, 7) is 2.21. The fraction of sp³-hybridized carbons (Fsp3) is 0.231. The molecule has 0 saturated carbocycles. The van der Waals surface area contributed by atoms with Crippen molar-refractivity contribution in [2.24, 2.45) is 5.92 Å². The van der Waals surface area contributed by atoms with Gasteiger partial charge in [-0.3, -0.25) is 0 Å². The van der Waals surface area contributed by atoms with E-state index in [-0.39, 0.29) is 0 Å². The molecule has 0 fully saturated rings. The maximum atomic E-state index is 3.86. The van der Waals surface area contributed by atoms with Gasteiger partial charge in [-0.15, -0.1) is 0 Å². The molecule has 0 unspecified atom stereocenters. The van der Waals surface area contributed by atoms with Crippen LogP contribution in [-0.4, -0.2) is 0 Å². The zero-order valence-corrected chi connectivity index (χ0v) is 15.7. The van der Waals surface area contributed by atoms with E-state index in [0.29, 0.717) is 17.9 Å². The molecule has 3 aromatic rings. The number of hydrogen-bond donors (Lipinski definition) is 1. The summed E-state index contributed by atoms with van der Waals surface area (Å²) in [5.74, 6) is 1.09. The fourth-order valence-electron chi connectivity index (χ4n) is 4.70. The van der Waals surface area contributed by atoms with Crippen molar-refractivity contribution in [1.29, 1.82) is 0 Å². The lowest BCUT2D eigenvalue weighted by molar-refractivity contribution is 0.425. The Morgan fingerprint density at radius 1 is 0.889 bits per heavy atom. The van der Waals surface area contributed by atoms with Gasteiger partial charge in [-0.25, -0.2) is 0 Å². The highest BCUT2D eigenvalue weighted by Crippen LogP contribution is 2.50. The summed E-state index contributed by atoms with van der Waals surface area (Å²) < 4.78 is 0. The van der Waals surface area contributed by atoms with E-state index in [1.807, 2.05) is 0 Å². The van der Waals surface area contributed by atoms with Crippen molar-refractivity contribution in [2.75, 3.05) is 5.32 Å². The van der Waals surface area contributed by atoms with Crippen LogP contribution in [0, 0.1) is 5.92 Å². The van der Waals surface area contributed by atoms with E-state index in [0.717, 1.165) is 12.8 Å². The predicted octanol–water partition coefficient (Wildman–Crippen LogP) is 6.74. The van der Waals surface area contributed by atoms with Crippen molar-refractivity contribution >= 4 is 5.69 Å². The van der Waals surface area contributed by atoms with Crippen LogP contribution in [0.1, 0.15) is 42.0 Å². The average molecular weight is 351 g/mol. The second-order valence-corrected chi connectivity index (χ2v) is 7.74. The van der Waals surface area contributed by atoms with Gasteiger partial charge < -0.3 is 5.32 Å². The highest BCUT2D eigenvalue weighted by molar-refractivity contribution is 5.71.